The minimum absolute atomic E-state index is 0.456. The zero-order valence-electron chi connectivity index (χ0n) is 11.4. The van der Waals surface area contributed by atoms with E-state index in [1.54, 1.807) is 0 Å². The van der Waals surface area contributed by atoms with E-state index in [1.165, 1.54) is 32.1 Å². The Labute approximate surface area is 132 Å². The Hall–Kier alpha value is -0.650. The number of ether oxygens (including phenoxy) is 1. The highest BCUT2D eigenvalue weighted by Gasteiger charge is 2.13. The van der Waals surface area contributed by atoms with Gasteiger partial charge in [-0.05, 0) is 43.3 Å². The molecule has 20 heavy (non-hydrogen) atoms. The summed E-state index contributed by atoms with van der Waals surface area (Å²) in [6.45, 7) is 1.55. The number of aromatic nitrogens is 2. The van der Waals surface area contributed by atoms with Crippen molar-refractivity contribution in [1.29, 1.82) is 0 Å². The van der Waals surface area contributed by atoms with Gasteiger partial charge in [-0.3, -0.25) is 0 Å². The Kier molecular flexibility index (Phi) is 4.58. The summed E-state index contributed by atoms with van der Waals surface area (Å²) in [5.41, 5.74) is 2.22. The minimum Gasteiger partial charge on any atom is -0.376 e. The molecule has 1 aromatic carbocycles. The number of hydrogen-bond acceptors (Lipinski definition) is 2. The van der Waals surface area contributed by atoms with Crippen molar-refractivity contribution < 1.29 is 4.74 Å². The van der Waals surface area contributed by atoms with Gasteiger partial charge in [-0.15, -0.1) is 0 Å². The largest absolute Gasteiger partial charge is 0.376 e. The molecule has 3 rings (SSSR count). The molecular weight excluding hydrogens is 336 g/mol. The smallest absolute Gasteiger partial charge is 0.178 e. The van der Waals surface area contributed by atoms with E-state index >= 15 is 0 Å². The summed E-state index contributed by atoms with van der Waals surface area (Å²) in [4.78, 5) is 3.25. The van der Waals surface area contributed by atoms with Gasteiger partial charge in [-0.25, -0.2) is 0 Å². The maximum absolute atomic E-state index is 5.99. The lowest BCUT2D eigenvalue weighted by atomic mass is 9.98. The predicted molar refractivity (Wildman–Crippen MR) is 87.6 cm³/mol. The van der Waals surface area contributed by atoms with Crippen LogP contribution >= 0.6 is 28.1 Å². The molecular formula is C15H19BrN2OS. The number of aromatic amines is 1. The Morgan fingerprint density at radius 1 is 1.30 bits per heavy atom. The fraction of sp³-hybridized carbons (Fsp3) is 0.533. The van der Waals surface area contributed by atoms with Crippen molar-refractivity contribution in [3.63, 3.8) is 0 Å². The number of benzene rings is 1. The SMILES string of the molecule is S=c1[nH]c2cc(Br)ccc2n1CCOC1CCCCC1. The predicted octanol–water partition coefficient (Wildman–Crippen LogP) is 4.81. The standard InChI is InChI=1S/C15H19BrN2OS/c16-11-6-7-14-13(10-11)17-15(20)18(14)8-9-19-12-4-2-1-3-5-12/h6-7,10,12H,1-5,8-9H2,(H,17,20). The first-order valence-corrected chi connectivity index (χ1v) is 8.44. The van der Waals surface area contributed by atoms with Crippen molar-refractivity contribution in [1.82, 2.24) is 9.55 Å². The number of rotatable bonds is 4. The fourth-order valence-corrected chi connectivity index (χ4v) is 3.56. The Morgan fingerprint density at radius 3 is 2.90 bits per heavy atom. The van der Waals surface area contributed by atoms with Gasteiger partial charge in [0.25, 0.3) is 0 Å². The number of hydrogen-bond donors (Lipinski definition) is 1. The molecule has 0 saturated heterocycles. The van der Waals surface area contributed by atoms with E-state index in [0.717, 1.165) is 33.4 Å². The van der Waals surface area contributed by atoms with Crippen LogP contribution in [0.2, 0.25) is 0 Å². The molecule has 1 N–H and O–H groups in total. The first-order valence-electron chi connectivity index (χ1n) is 7.24. The molecule has 0 radical (unpaired) electrons. The summed E-state index contributed by atoms with van der Waals surface area (Å²) in [5.74, 6) is 0. The molecule has 0 aliphatic heterocycles. The van der Waals surface area contributed by atoms with Crippen LogP contribution in [0.15, 0.2) is 22.7 Å². The average Bonchev–Trinajstić information content (AvgIpc) is 2.75. The molecule has 5 heteroatoms. The quantitative estimate of drug-likeness (QED) is 0.798. The van der Waals surface area contributed by atoms with Crippen LogP contribution in [0.4, 0.5) is 0 Å². The molecule has 108 valence electrons. The van der Waals surface area contributed by atoms with Gasteiger partial charge in [0.05, 0.1) is 23.7 Å². The van der Waals surface area contributed by atoms with Crippen LogP contribution < -0.4 is 0 Å². The second-order valence-electron chi connectivity index (χ2n) is 5.37. The highest BCUT2D eigenvalue weighted by atomic mass is 79.9. The van der Waals surface area contributed by atoms with Gasteiger partial charge in [0, 0.05) is 11.0 Å². The number of halogens is 1. The van der Waals surface area contributed by atoms with Crippen LogP contribution in [-0.2, 0) is 11.3 Å². The zero-order valence-corrected chi connectivity index (χ0v) is 13.8. The van der Waals surface area contributed by atoms with Crippen molar-refractivity contribution in [3.8, 4) is 0 Å². The molecule has 0 atom stereocenters. The fourth-order valence-electron chi connectivity index (χ4n) is 2.90. The third-order valence-electron chi connectivity index (χ3n) is 3.96. The maximum Gasteiger partial charge on any atom is 0.178 e. The van der Waals surface area contributed by atoms with E-state index < -0.39 is 0 Å². The molecule has 0 amide bonds. The van der Waals surface area contributed by atoms with Crippen LogP contribution in [-0.4, -0.2) is 22.3 Å². The molecule has 0 bridgehead atoms. The van der Waals surface area contributed by atoms with Gasteiger partial charge in [0.1, 0.15) is 0 Å². The average molecular weight is 355 g/mol. The number of nitrogens with one attached hydrogen (secondary N) is 1. The summed E-state index contributed by atoms with van der Waals surface area (Å²) in [7, 11) is 0. The van der Waals surface area contributed by atoms with E-state index in [-0.39, 0.29) is 0 Å². The van der Waals surface area contributed by atoms with Crippen LogP contribution in [0, 0.1) is 4.77 Å². The molecule has 0 unspecified atom stereocenters. The normalized spacial score (nSPS) is 16.9. The van der Waals surface area contributed by atoms with Crippen LogP contribution in [0.1, 0.15) is 32.1 Å². The molecule has 1 aliphatic rings. The Bertz CT molecular complexity index is 643. The summed E-state index contributed by atoms with van der Waals surface area (Å²) in [6.07, 6.45) is 6.87. The van der Waals surface area contributed by atoms with Gasteiger partial charge in [-0.1, -0.05) is 35.2 Å². The van der Waals surface area contributed by atoms with E-state index in [2.05, 4.69) is 37.6 Å². The Balaban J connectivity index is 1.68. The number of imidazole rings is 1. The van der Waals surface area contributed by atoms with Crippen molar-refractivity contribution in [2.45, 2.75) is 44.8 Å². The van der Waals surface area contributed by atoms with Gasteiger partial charge < -0.3 is 14.3 Å². The summed E-state index contributed by atoms with van der Waals surface area (Å²) >= 11 is 8.89. The zero-order chi connectivity index (χ0) is 13.9. The van der Waals surface area contributed by atoms with Crippen LogP contribution in [0.5, 0.6) is 0 Å². The molecule has 3 nitrogen and oxygen atoms in total. The van der Waals surface area contributed by atoms with Crippen LogP contribution in [0.25, 0.3) is 11.0 Å². The van der Waals surface area contributed by atoms with Crippen molar-refractivity contribution in [3.05, 3.63) is 27.4 Å². The summed E-state index contributed by atoms with van der Waals surface area (Å²) in [6, 6.07) is 6.19. The highest BCUT2D eigenvalue weighted by Crippen LogP contribution is 2.21. The monoisotopic (exact) mass is 354 g/mol. The summed E-state index contributed by atoms with van der Waals surface area (Å²) < 4.78 is 9.95. The van der Waals surface area contributed by atoms with E-state index in [0.29, 0.717) is 6.10 Å². The molecule has 1 saturated carbocycles. The molecule has 1 aliphatic carbocycles. The van der Waals surface area contributed by atoms with Crippen molar-refractivity contribution >= 4 is 39.2 Å². The molecule has 0 spiro atoms. The molecule has 2 aromatic rings. The third-order valence-corrected chi connectivity index (χ3v) is 4.77. The van der Waals surface area contributed by atoms with E-state index in [1.807, 2.05) is 6.07 Å². The Morgan fingerprint density at radius 2 is 2.10 bits per heavy atom. The van der Waals surface area contributed by atoms with Gasteiger partial charge in [0.2, 0.25) is 0 Å². The lowest BCUT2D eigenvalue weighted by Gasteiger charge is -2.22. The first-order chi connectivity index (χ1) is 9.74. The lowest BCUT2D eigenvalue weighted by molar-refractivity contribution is 0.0243. The van der Waals surface area contributed by atoms with Gasteiger partial charge >= 0.3 is 0 Å². The number of H-pyrrole nitrogens is 1. The second kappa shape index (κ2) is 6.41. The van der Waals surface area contributed by atoms with Gasteiger partial charge in [-0.2, -0.15) is 0 Å². The van der Waals surface area contributed by atoms with Crippen molar-refractivity contribution in [2.75, 3.05) is 6.61 Å². The number of fused-ring (bicyclic) bond motifs is 1. The van der Waals surface area contributed by atoms with E-state index in [9.17, 15) is 0 Å². The van der Waals surface area contributed by atoms with Crippen LogP contribution in [0.3, 0.4) is 0 Å². The van der Waals surface area contributed by atoms with E-state index in [4.69, 9.17) is 17.0 Å². The first kappa shape index (κ1) is 14.3. The molecule has 1 fully saturated rings. The topological polar surface area (TPSA) is 29.9 Å². The second-order valence-corrected chi connectivity index (χ2v) is 6.68. The molecule has 1 aromatic heterocycles. The molecule has 1 heterocycles. The highest BCUT2D eigenvalue weighted by molar-refractivity contribution is 9.10. The van der Waals surface area contributed by atoms with Gasteiger partial charge in [0.15, 0.2) is 4.77 Å². The lowest BCUT2D eigenvalue weighted by Crippen LogP contribution is -2.19. The maximum atomic E-state index is 5.99. The summed E-state index contributed by atoms with van der Waals surface area (Å²) in [5, 5.41) is 0. The van der Waals surface area contributed by atoms with Crippen molar-refractivity contribution in [2.24, 2.45) is 0 Å². The third kappa shape index (κ3) is 3.15. The number of nitrogens with zero attached hydrogens (tertiary/aromatic N) is 1. The minimum atomic E-state index is 0.456.